The highest BCUT2D eigenvalue weighted by Gasteiger charge is 2.33. The molecule has 2 rings (SSSR count). The lowest BCUT2D eigenvalue weighted by Crippen LogP contribution is -2.51. The third kappa shape index (κ3) is 1.98. The predicted octanol–water partition coefficient (Wildman–Crippen LogP) is 1.48. The summed E-state index contributed by atoms with van der Waals surface area (Å²) in [6, 6.07) is 1.11. The Bertz CT molecular complexity index is 429. The summed E-state index contributed by atoms with van der Waals surface area (Å²) >= 11 is 0. The summed E-state index contributed by atoms with van der Waals surface area (Å²) in [6.45, 7) is 1.97. The first-order chi connectivity index (χ1) is 7.50. The van der Waals surface area contributed by atoms with Gasteiger partial charge < -0.3 is 11.1 Å². The highest BCUT2D eigenvalue weighted by atomic mass is 19.1. The van der Waals surface area contributed by atoms with Crippen LogP contribution in [0.1, 0.15) is 36.5 Å². The number of rotatable bonds is 2. The summed E-state index contributed by atoms with van der Waals surface area (Å²) in [6.07, 6.45) is 3.99. The Balaban J connectivity index is 2.17. The van der Waals surface area contributed by atoms with Crippen molar-refractivity contribution in [3.8, 4) is 0 Å². The molecule has 3 N–H and O–H groups in total. The second-order valence-electron chi connectivity index (χ2n) is 4.45. The van der Waals surface area contributed by atoms with Crippen LogP contribution in [0.2, 0.25) is 0 Å². The normalized spacial score (nSPS) is 17.6. The number of halogens is 1. The van der Waals surface area contributed by atoms with Crippen LogP contribution in [0.4, 0.5) is 10.2 Å². The zero-order chi connectivity index (χ0) is 11.8. The summed E-state index contributed by atoms with van der Waals surface area (Å²) in [5.74, 6) is -0.855. The number of nitrogens with zero attached hydrogens (tertiary/aromatic N) is 1. The number of nitrogen functional groups attached to an aromatic ring is 1. The molecular formula is C11H14FN3O. The number of nitrogens with two attached hydrogens (primary N) is 1. The van der Waals surface area contributed by atoms with Crippen molar-refractivity contribution in [2.75, 3.05) is 5.73 Å². The molecule has 0 radical (unpaired) electrons. The molecule has 1 aliphatic rings. The van der Waals surface area contributed by atoms with Crippen molar-refractivity contribution in [1.82, 2.24) is 10.3 Å². The lowest BCUT2D eigenvalue weighted by atomic mass is 9.78. The molecule has 0 bridgehead atoms. The molecule has 1 fully saturated rings. The maximum Gasteiger partial charge on any atom is 0.255 e. The van der Waals surface area contributed by atoms with Crippen molar-refractivity contribution in [2.24, 2.45) is 0 Å². The lowest BCUT2D eigenvalue weighted by Gasteiger charge is -2.39. The van der Waals surface area contributed by atoms with Gasteiger partial charge in [-0.3, -0.25) is 4.79 Å². The summed E-state index contributed by atoms with van der Waals surface area (Å²) in [5, 5.41) is 2.85. The van der Waals surface area contributed by atoms with E-state index >= 15 is 0 Å². The molecule has 1 saturated carbocycles. The molecule has 1 heterocycles. The lowest BCUT2D eigenvalue weighted by molar-refractivity contribution is 0.0850. The average Bonchev–Trinajstić information content (AvgIpc) is 2.19. The second kappa shape index (κ2) is 3.73. The Kier molecular flexibility index (Phi) is 2.53. The Hall–Kier alpha value is -1.65. The zero-order valence-electron chi connectivity index (χ0n) is 9.09. The van der Waals surface area contributed by atoms with Gasteiger partial charge in [0.2, 0.25) is 0 Å². The van der Waals surface area contributed by atoms with Gasteiger partial charge in [-0.2, -0.15) is 0 Å². The van der Waals surface area contributed by atoms with Gasteiger partial charge in [0, 0.05) is 5.54 Å². The van der Waals surface area contributed by atoms with Gasteiger partial charge in [0.1, 0.15) is 11.6 Å². The number of pyridine rings is 1. The fraction of sp³-hybridized carbons (Fsp3) is 0.455. The maximum atomic E-state index is 12.9. The fourth-order valence-corrected chi connectivity index (χ4v) is 1.81. The number of hydrogen-bond acceptors (Lipinski definition) is 3. The molecule has 16 heavy (non-hydrogen) atoms. The smallest absolute Gasteiger partial charge is 0.255 e. The standard InChI is InChI=1S/C11H14FN3O/c1-11(3-2-4-11)15-10(16)8-5-7(12)6-14-9(8)13/h5-6H,2-4H2,1H3,(H2,13,14)(H,15,16). The third-order valence-corrected chi connectivity index (χ3v) is 3.00. The summed E-state index contributed by atoms with van der Waals surface area (Å²) in [4.78, 5) is 15.4. The molecule has 0 atom stereocenters. The van der Waals surface area contributed by atoms with Crippen LogP contribution in [-0.2, 0) is 0 Å². The first-order valence-electron chi connectivity index (χ1n) is 5.24. The van der Waals surface area contributed by atoms with E-state index in [1.54, 1.807) is 0 Å². The molecule has 1 aliphatic carbocycles. The SMILES string of the molecule is CC1(NC(=O)c2cc(F)cnc2N)CCC1. The zero-order valence-corrected chi connectivity index (χ0v) is 9.09. The molecule has 0 saturated heterocycles. The van der Waals surface area contributed by atoms with E-state index < -0.39 is 5.82 Å². The van der Waals surface area contributed by atoms with Crippen molar-refractivity contribution < 1.29 is 9.18 Å². The van der Waals surface area contributed by atoms with E-state index in [-0.39, 0.29) is 22.8 Å². The monoisotopic (exact) mass is 223 g/mol. The third-order valence-electron chi connectivity index (χ3n) is 3.00. The van der Waals surface area contributed by atoms with E-state index in [0.29, 0.717) is 0 Å². The summed E-state index contributed by atoms with van der Waals surface area (Å²) in [5.41, 5.74) is 5.46. The topological polar surface area (TPSA) is 68.0 Å². The van der Waals surface area contributed by atoms with E-state index in [9.17, 15) is 9.18 Å². The molecule has 86 valence electrons. The largest absolute Gasteiger partial charge is 0.383 e. The van der Waals surface area contributed by atoms with Gasteiger partial charge in [-0.15, -0.1) is 0 Å². The van der Waals surface area contributed by atoms with Gasteiger partial charge in [-0.25, -0.2) is 9.37 Å². The van der Waals surface area contributed by atoms with Crippen LogP contribution >= 0.6 is 0 Å². The molecule has 1 amide bonds. The fourth-order valence-electron chi connectivity index (χ4n) is 1.81. The molecular weight excluding hydrogens is 209 g/mol. The Morgan fingerprint density at radius 3 is 2.88 bits per heavy atom. The first kappa shape index (κ1) is 10.9. The highest BCUT2D eigenvalue weighted by molar-refractivity contribution is 5.98. The molecule has 5 heteroatoms. The van der Waals surface area contributed by atoms with Crippen molar-refractivity contribution in [3.05, 3.63) is 23.6 Å². The maximum absolute atomic E-state index is 12.9. The Morgan fingerprint density at radius 2 is 2.31 bits per heavy atom. The molecule has 0 unspecified atom stereocenters. The number of carbonyl (C=O) groups is 1. The van der Waals surface area contributed by atoms with Crippen LogP contribution in [0.15, 0.2) is 12.3 Å². The van der Waals surface area contributed by atoms with Crippen molar-refractivity contribution in [1.29, 1.82) is 0 Å². The second-order valence-corrected chi connectivity index (χ2v) is 4.45. The van der Waals surface area contributed by atoms with Gasteiger partial charge >= 0.3 is 0 Å². The highest BCUT2D eigenvalue weighted by Crippen LogP contribution is 2.31. The van der Waals surface area contributed by atoms with Crippen LogP contribution in [0.25, 0.3) is 0 Å². The van der Waals surface area contributed by atoms with Crippen LogP contribution in [0, 0.1) is 5.82 Å². The number of nitrogens with one attached hydrogen (secondary N) is 1. The Labute approximate surface area is 93.1 Å². The van der Waals surface area contributed by atoms with Crippen LogP contribution < -0.4 is 11.1 Å². The predicted molar refractivity (Wildman–Crippen MR) is 58.3 cm³/mol. The van der Waals surface area contributed by atoms with E-state index in [2.05, 4.69) is 10.3 Å². The van der Waals surface area contributed by atoms with Crippen molar-refractivity contribution in [3.63, 3.8) is 0 Å². The molecule has 1 aromatic heterocycles. The number of hydrogen-bond donors (Lipinski definition) is 2. The summed E-state index contributed by atoms with van der Waals surface area (Å²) in [7, 11) is 0. The van der Waals surface area contributed by atoms with Crippen molar-refractivity contribution >= 4 is 11.7 Å². The van der Waals surface area contributed by atoms with Gasteiger partial charge in [-0.1, -0.05) is 0 Å². The van der Waals surface area contributed by atoms with E-state index in [0.717, 1.165) is 31.5 Å². The molecule has 0 spiro atoms. The van der Waals surface area contributed by atoms with Gasteiger partial charge in [0.05, 0.1) is 11.8 Å². The molecule has 0 aromatic carbocycles. The summed E-state index contributed by atoms with van der Waals surface area (Å²) < 4.78 is 12.9. The van der Waals surface area contributed by atoms with E-state index in [4.69, 9.17) is 5.73 Å². The van der Waals surface area contributed by atoms with Crippen LogP contribution in [-0.4, -0.2) is 16.4 Å². The molecule has 4 nitrogen and oxygen atoms in total. The van der Waals surface area contributed by atoms with Crippen molar-refractivity contribution in [2.45, 2.75) is 31.7 Å². The minimum absolute atomic E-state index is 0.0572. The van der Waals surface area contributed by atoms with Gasteiger partial charge in [-0.05, 0) is 32.3 Å². The minimum atomic E-state index is -0.557. The quantitative estimate of drug-likeness (QED) is 0.797. The van der Waals surface area contributed by atoms with Gasteiger partial charge in [0.25, 0.3) is 5.91 Å². The Morgan fingerprint density at radius 1 is 1.62 bits per heavy atom. The first-order valence-corrected chi connectivity index (χ1v) is 5.24. The number of carbonyl (C=O) groups excluding carboxylic acids is 1. The van der Waals surface area contributed by atoms with Crippen LogP contribution in [0.5, 0.6) is 0 Å². The average molecular weight is 223 g/mol. The number of amides is 1. The number of aromatic nitrogens is 1. The van der Waals surface area contributed by atoms with Gasteiger partial charge in [0.15, 0.2) is 0 Å². The van der Waals surface area contributed by atoms with Crippen LogP contribution in [0.3, 0.4) is 0 Å². The minimum Gasteiger partial charge on any atom is -0.383 e. The molecule has 0 aliphatic heterocycles. The van der Waals surface area contributed by atoms with E-state index in [1.165, 1.54) is 0 Å². The van der Waals surface area contributed by atoms with E-state index in [1.807, 2.05) is 6.92 Å². The number of anilines is 1. The molecule has 1 aromatic rings.